The molecule has 0 bridgehead atoms. The quantitative estimate of drug-likeness (QED) is 0.630. The number of nitrogens with zero attached hydrogens (tertiary/aromatic N) is 4. The van der Waals surface area contributed by atoms with Crippen molar-refractivity contribution in [2.45, 2.75) is 0 Å². The van der Waals surface area contributed by atoms with Crippen LogP contribution in [-0.2, 0) is 7.05 Å². The smallest absolute Gasteiger partial charge is 0.294 e. The molecular formula is C13H9ClN4O2. The van der Waals surface area contributed by atoms with E-state index in [0.717, 1.165) is 4.57 Å². The normalized spacial score (nSPS) is 10.9. The van der Waals surface area contributed by atoms with E-state index in [1.54, 1.807) is 25.2 Å². The maximum absolute atomic E-state index is 12.4. The van der Waals surface area contributed by atoms with Gasteiger partial charge in [0.15, 0.2) is 5.52 Å². The van der Waals surface area contributed by atoms with Crippen LogP contribution in [0.4, 0.5) is 0 Å². The molecular weight excluding hydrogens is 280 g/mol. The van der Waals surface area contributed by atoms with Crippen molar-refractivity contribution in [2.75, 3.05) is 0 Å². The molecule has 6 nitrogen and oxygen atoms in total. The van der Waals surface area contributed by atoms with Crippen LogP contribution in [0.2, 0.25) is 5.15 Å². The maximum Gasteiger partial charge on any atom is 0.336 e. The second kappa shape index (κ2) is 4.57. The first-order chi connectivity index (χ1) is 9.59. The molecule has 3 aromatic heterocycles. The van der Waals surface area contributed by atoms with Crippen molar-refractivity contribution in [2.24, 2.45) is 7.05 Å². The average Bonchev–Trinajstić information content (AvgIpc) is 2.47. The fourth-order valence-corrected chi connectivity index (χ4v) is 2.12. The van der Waals surface area contributed by atoms with Crippen LogP contribution in [0.15, 0.2) is 46.2 Å². The summed E-state index contributed by atoms with van der Waals surface area (Å²) in [6.07, 6.45) is 2.89. The third-order valence-electron chi connectivity index (χ3n) is 3.00. The van der Waals surface area contributed by atoms with Crippen LogP contribution >= 0.6 is 11.6 Å². The Kier molecular flexibility index (Phi) is 2.87. The van der Waals surface area contributed by atoms with Crippen LogP contribution in [0.25, 0.3) is 16.7 Å². The van der Waals surface area contributed by atoms with Crippen molar-refractivity contribution in [3.8, 4) is 5.69 Å². The van der Waals surface area contributed by atoms with Gasteiger partial charge in [0.05, 0.1) is 17.4 Å². The molecule has 0 aliphatic rings. The molecule has 20 heavy (non-hydrogen) atoms. The highest BCUT2D eigenvalue weighted by Gasteiger charge is 2.13. The molecule has 0 saturated carbocycles. The number of pyridine rings is 2. The number of aromatic nitrogens is 4. The van der Waals surface area contributed by atoms with Gasteiger partial charge >= 0.3 is 5.69 Å². The molecule has 100 valence electrons. The molecule has 0 spiro atoms. The lowest BCUT2D eigenvalue weighted by molar-refractivity contribution is 0.768. The van der Waals surface area contributed by atoms with Crippen LogP contribution in [0.5, 0.6) is 0 Å². The monoisotopic (exact) mass is 288 g/mol. The van der Waals surface area contributed by atoms with Crippen LogP contribution in [-0.4, -0.2) is 19.1 Å². The minimum Gasteiger partial charge on any atom is -0.294 e. The van der Waals surface area contributed by atoms with Gasteiger partial charge in [0.2, 0.25) is 0 Å². The number of fused-ring (bicyclic) bond motifs is 1. The molecule has 0 saturated heterocycles. The molecule has 0 atom stereocenters. The van der Waals surface area contributed by atoms with Gasteiger partial charge in [-0.2, -0.15) is 0 Å². The van der Waals surface area contributed by atoms with Crippen LogP contribution in [0, 0.1) is 0 Å². The predicted molar refractivity (Wildman–Crippen MR) is 75.4 cm³/mol. The van der Waals surface area contributed by atoms with E-state index in [1.807, 2.05) is 0 Å². The maximum atomic E-state index is 12.4. The van der Waals surface area contributed by atoms with Crippen molar-refractivity contribution in [1.29, 1.82) is 0 Å². The highest BCUT2D eigenvalue weighted by Crippen LogP contribution is 2.08. The summed E-state index contributed by atoms with van der Waals surface area (Å²) < 4.78 is 2.40. The second-order valence-electron chi connectivity index (χ2n) is 4.19. The summed E-state index contributed by atoms with van der Waals surface area (Å²) in [5, 5.41) is 0.289. The zero-order valence-electron chi connectivity index (χ0n) is 10.4. The Morgan fingerprint density at radius 1 is 1.15 bits per heavy atom. The second-order valence-corrected chi connectivity index (χ2v) is 4.58. The lowest BCUT2D eigenvalue weighted by Crippen LogP contribution is -2.38. The van der Waals surface area contributed by atoms with E-state index >= 15 is 0 Å². The molecule has 0 N–H and O–H groups in total. The summed E-state index contributed by atoms with van der Waals surface area (Å²) in [4.78, 5) is 32.7. The van der Waals surface area contributed by atoms with E-state index in [-0.39, 0.29) is 10.7 Å². The lowest BCUT2D eigenvalue weighted by Gasteiger charge is -2.09. The Labute approximate surface area is 117 Å². The third kappa shape index (κ3) is 1.81. The van der Waals surface area contributed by atoms with Crippen molar-refractivity contribution in [1.82, 2.24) is 19.1 Å². The van der Waals surface area contributed by atoms with E-state index in [9.17, 15) is 9.59 Å². The molecule has 0 aliphatic carbocycles. The number of halogens is 1. The standard InChI is InChI=1S/C13H9ClN4O2/c1-17-9-3-2-6-15-11(9)12(19)18(13(17)20)8-4-5-10(14)16-7-8/h2-7H,1H3. The van der Waals surface area contributed by atoms with Gasteiger partial charge in [-0.3, -0.25) is 9.36 Å². The van der Waals surface area contributed by atoms with Gasteiger partial charge in [0, 0.05) is 13.2 Å². The van der Waals surface area contributed by atoms with Gasteiger partial charge in [-0.25, -0.2) is 19.3 Å². The SMILES string of the molecule is Cn1c(=O)n(-c2ccc(Cl)nc2)c(=O)c2ncccc21. The summed E-state index contributed by atoms with van der Waals surface area (Å²) >= 11 is 5.71. The lowest BCUT2D eigenvalue weighted by atomic mass is 10.3. The minimum atomic E-state index is -0.479. The fraction of sp³-hybridized carbons (Fsp3) is 0.0769. The number of hydrogen-bond acceptors (Lipinski definition) is 4. The number of aryl methyl sites for hydroxylation is 1. The topological polar surface area (TPSA) is 69.8 Å². The van der Waals surface area contributed by atoms with Crippen molar-refractivity contribution >= 4 is 22.6 Å². The van der Waals surface area contributed by atoms with Crippen molar-refractivity contribution < 1.29 is 0 Å². The van der Waals surface area contributed by atoms with Crippen LogP contribution in [0.3, 0.4) is 0 Å². The van der Waals surface area contributed by atoms with Gasteiger partial charge in [-0.05, 0) is 24.3 Å². The third-order valence-corrected chi connectivity index (χ3v) is 3.23. The highest BCUT2D eigenvalue weighted by atomic mass is 35.5. The Hall–Kier alpha value is -2.47. The minimum absolute atomic E-state index is 0.226. The molecule has 0 aliphatic heterocycles. The molecule has 0 unspecified atom stereocenters. The summed E-state index contributed by atoms with van der Waals surface area (Å²) in [7, 11) is 1.59. The van der Waals surface area contributed by atoms with E-state index in [4.69, 9.17) is 11.6 Å². The summed E-state index contributed by atoms with van der Waals surface area (Å²) in [6, 6.07) is 6.43. The zero-order chi connectivity index (χ0) is 14.3. The molecule has 0 aromatic carbocycles. The number of hydrogen-bond donors (Lipinski definition) is 0. The van der Waals surface area contributed by atoms with E-state index in [1.165, 1.54) is 23.0 Å². The molecule has 3 aromatic rings. The van der Waals surface area contributed by atoms with Gasteiger partial charge in [-0.1, -0.05) is 11.6 Å². The van der Waals surface area contributed by atoms with Gasteiger partial charge in [-0.15, -0.1) is 0 Å². The first-order valence-corrected chi connectivity index (χ1v) is 6.16. The summed E-state index contributed by atoms with van der Waals surface area (Å²) in [5.74, 6) is 0. The van der Waals surface area contributed by atoms with Crippen molar-refractivity contribution in [3.05, 3.63) is 62.7 Å². The fourth-order valence-electron chi connectivity index (χ4n) is 2.01. The predicted octanol–water partition coefficient (Wildman–Crippen LogP) is 1.13. The van der Waals surface area contributed by atoms with Gasteiger partial charge in [0.1, 0.15) is 5.15 Å². The van der Waals surface area contributed by atoms with Crippen LogP contribution in [0.1, 0.15) is 0 Å². The van der Waals surface area contributed by atoms with Crippen molar-refractivity contribution in [3.63, 3.8) is 0 Å². The molecule has 7 heteroatoms. The zero-order valence-corrected chi connectivity index (χ0v) is 11.2. The molecule has 3 heterocycles. The van der Waals surface area contributed by atoms with E-state index < -0.39 is 11.2 Å². The first kappa shape index (κ1) is 12.6. The Morgan fingerprint density at radius 3 is 2.65 bits per heavy atom. The number of rotatable bonds is 1. The van der Waals surface area contributed by atoms with Gasteiger partial charge < -0.3 is 0 Å². The molecule has 0 amide bonds. The molecule has 0 fully saturated rings. The van der Waals surface area contributed by atoms with Crippen LogP contribution < -0.4 is 11.2 Å². The Bertz CT molecular complexity index is 912. The summed E-state index contributed by atoms with van der Waals surface area (Å²) in [6.45, 7) is 0. The largest absolute Gasteiger partial charge is 0.336 e. The highest BCUT2D eigenvalue weighted by molar-refractivity contribution is 6.29. The molecule has 0 radical (unpaired) electrons. The molecule has 3 rings (SSSR count). The first-order valence-electron chi connectivity index (χ1n) is 5.78. The average molecular weight is 289 g/mol. The van der Waals surface area contributed by atoms with E-state index in [2.05, 4.69) is 9.97 Å². The Balaban J connectivity index is 2.45. The Morgan fingerprint density at radius 2 is 1.95 bits per heavy atom. The van der Waals surface area contributed by atoms with Gasteiger partial charge in [0.25, 0.3) is 5.56 Å². The van der Waals surface area contributed by atoms with E-state index in [0.29, 0.717) is 11.2 Å². The summed E-state index contributed by atoms with van der Waals surface area (Å²) in [5.41, 5.74) is 0.130.